The summed E-state index contributed by atoms with van der Waals surface area (Å²) in [4.78, 5) is 53.2. The maximum Gasteiger partial charge on any atom is 0.224 e. The Morgan fingerprint density at radius 3 is 2.34 bits per heavy atom. The van der Waals surface area contributed by atoms with Crippen LogP contribution in [0.4, 0.5) is 0 Å². The van der Waals surface area contributed by atoms with Crippen LogP contribution >= 0.6 is 0 Å². The molecule has 0 radical (unpaired) electrons. The van der Waals surface area contributed by atoms with Crippen LogP contribution in [-0.4, -0.2) is 66.0 Å². The minimum atomic E-state index is -0.883. The van der Waals surface area contributed by atoms with Crippen LogP contribution in [0.2, 0.25) is 0 Å². The average molecular weight is 569 g/mol. The van der Waals surface area contributed by atoms with Crippen LogP contribution < -0.4 is 15.4 Å². The van der Waals surface area contributed by atoms with E-state index in [-0.39, 0.29) is 41.8 Å². The molecule has 1 saturated heterocycles. The summed E-state index contributed by atoms with van der Waals surface area (Å²) in [7, 11) is 1.58. The van der Waals surface area contributed by atoms with Gasteiger partial charge >= 0.3 is 0 Å². The lowest BCUT2D eigenvalue weighted by Gasteiger charge is -2.26. The summed E-state index contributed by atoms with van der Waals surface area (Å²) in [5.74, 6) is -1.23. The number of hydrogen-bond acceptors (Lipinski definition) is 7. The van der Waals surface area contributed by atoms with Gasteiger partial charge in [0.2, 0.25) is 11.8 Å². The zero-order valence-corrected chi connectivity index (χ0v) is 24.4. The van der Waals surface area contributed by atoms with E-state index in [1.54, 1.807) is 33.1 Å². The van der Waals surface area contributed by atoms with Gasteiger partial charge in [-0.25, -0.2) is 0 Å². The molecule has 2 aliphatic carbocycles. The molecular formula is C32H44N2O7. The lowest BCUT2D eigenvalue weighted by Crippen LogP contribution is -2.49. The summed E-state index contributed by atoms with van der Waals surface area (Å²) in [6.45, 7) is 3.72. The molecule has 2 fully saturated rings. The Balaban J connectivity index is 1.46. The smallest absolute Gasteiger partial charge is 0.224 e. The number of rotatable bonds is 14. The number of Topliss-reactive ketones (excluding diaryl/α,β-unsaturated/α-hetero) is 2. The monoisotopic (exact) mass is 568 g/mol. The van der Waals surface area contributed by atoms with Gasteiger partial charge in [-0.2, -0.15) is 0 Å². The summed E-state index contributed by atoms with van der Waals surface area (Å²) < 4.78 is 10.7. The standard InChI is InChI=1S/C32H44N2O7/c1-20(33-30(38)23-10-12-25(35)13-11-23)28(36)18-24(16-22-8-14-26(40-3)15-9-22)31(39)34-27(17-21-6-4-5-7-21)29(37)32(2)19-41-32/h6,8-9,14-15,20,23-25,27,35H,4-5,7,10-13,16-19H2,1-3H3,(H,33,38)(H,34,39)/t20-,23?,24-,25?,27+,32-/m1/s1. The highest BCUT2D eigenvalue weighted by atomic mass is 16.6. The van der Waals surface area contributed by atoms with Crippen molar-refractivity contribution in [2.45, 2.75) is 102 Å². The van der Waals surface area contributed by atoms with Gasteiger partial charge in [-0.15, -0.1) is 0 Å². The van der Waals surface area contributed by atoms with Crippen molar-refractivity contribution in [2.75, 3.05) is 13.7 Å². The van der Waals surface area contributed by atoms with E-state index in [2.05, 4.69) is 16.7 Å². The van der Waals surface area contributed by atoms with E-state index in [9.17, 15) is 24.3 Å². The number of ketones is 2. The third-order valence-electron chi connectivity index (χ3n) is 8.70. The molecule has 0 bridgehead atoms. The molecule has 3 aliphatic rings. The third kappa shape index (κ3) is 8.49. The fourth-order valence-electron chi connectivity index (χ4n) is 5.78. The van der Waals surface area contributed by atoms with Gasteiger partial charge in [0, 0.05) is 18.3 Å². The second kappa shape index (κ2) is 13.7. The Morgan fingerprint density at radius 1 is 1.07 bits per heavy atom. The summed E-state index contributed by atoms with van der Waals surface area (Å²) in [5.41, 5.74) is 1.13. The third-order valence-corrected chi connectivity index (χ3v) is 8.70. The molecule has 9 nitrogen and oxygen atoms in total. The molecule has 224 valence electrons. The number of hydrogen-bond donors (Lipinski definition) is 3. The Hall–Kier alpha value is -3.04. The van der Waals surface area contributed by atoms with E-state index >= 15 is 0 Å². The fourth-order valence-corrected chi connectivity index (χ4v) is 5.78. The van der Waals surface area contributed by atoms with Crippen LogP contribution in [0.25, 0.3) is 0 Å². The fraction of sp³-hybridized carbons (Fsp3) is 0.625. The van der Waals surface area contributed by atoms with Gasteiger partial charge in [-0.05, 0) is 89.3 Å². The van der Waals surface area contributed by atoms with Crippen LogP contribution in [0.3, 0.4) is 0 Å². The normalized spacial score (nSPS) is 25.8. The summed E-state index contributed by atoms with van der Waals surface area (Å²) >= 11 is 0. The number of aliphatic hydroxyl groups excluding tert-OH is 1. The molecule has 0 unspecified atom stereocenters. The zero-order chi connectivity index (χ0) is 29.6. The van der Waals surface area contributed by atoms with E-state index < -0.39 is 23.6 Å². The molecule has 41 heavy (non-hydrogen) atoms. The number of benzene rings is 1. The summed E-state index contributed by atoms with van der Waals surface area (Å²) in [6, 6.07) is 5.83. The highest BCUT2D eigenvalue weighted by molar-refractivity contribution is 5.98. The Kier molecular flexibility index (Phi) is 10.4. The second-order valence-electron chi connectivity index (χ2n) is 12.1. The van der Waals surface area contributed by atoms with E-state index in [0.717, 1.165) is 30.4 Å². The zero-order valence-electron chi connectivity index (χ0n) is 24.4. The number of carbonyl (C=O) groups excluding carboxylic acids is 4. The SMILES string of the molecule is COc1ccc(C[C@H](CC(=O)[C@@H](C)NC(=O)C2CCC(O)CC2)C(=O)N[C@@H](CC2=CCCC2)C(=O)[C@@]2(C)CO2)cc1. The van der Waals surface area contributed by atoms with Gasteiger partial charge in [0.15, 0.2) is 11.6 Å². The van der Waals surface area contributed by atoms with Gasteiger partial charge in [0.25, 0.3) is 0 Å². The lowest BCUT2D eigenvalue weighted by atomic mass is 9.86. The van der Waals surface area contributed by atoms with Crippen molar-refractivity contribution in [2.24, 2.45) is 11.8 Å². The van der Waals surface area contributed by atoms with Crippen molar-refractivity contribution in [3.05, 3.63) is 41.5 Å². The minimum Gasteiger partial charge on any atom is -0.497 e. The van der Waals surface area contributed by atoms with Gasteiger partial charge in [-0.1, -0.05) is 23.8 Å². The molecule has 1 aromatic carbocycles. The summed E-state index contributed by atoms with van der Waals surface area (Å²) in [6.07, 6.45) is 7.66. The van der Waals surface area contributed by atoms with Gasteiger partial charge in [0.1, 0.15) is 11.4 Å². The Labute approximate surface area is 242 Å². The number of methoxy groups -OCH3 is 1. The predicted molar refractivity (Wildman–Crippen MR) is 153 cm³/mol. The number of nitrogens with one attached hydrogen (secondary N) is 2. The molecule has 4 atom stereocenters. The number of carbonyl (C=O) groups is 4. The van der Waals surface area contributed by atoms with Crippen molar-refractivity contribution in [3.8, 4) is 5.75 Å². The number of amides is 2. The van der Waals surface area contributed by atoms with Gasteiger partial charge in [-0.3, -0.25) is 19.2 Å². The first-order chi connectivity index (χ1) is 19.6. The van der Waals surface area contributed by atoms with Crippen LogP contribution in [-0.2, 0) is 30.3 Å². The van der Waals surface area contributed by atoms with Crippen LogP contribution in [0.15, 0.2) is 35.9 Å². The van der Waals surface area contributed by atoms with Crippen molar-refractivity contribution >= 4 is 23.4 Å². The topological polar surface area (TPSA) is 134 Å². The van der Waals surface area contributed by atoms with Crippen molar-refractivity contribution in [3.63, 3.8) is 0 Å². The molecule has 0 aromatic heterocycles. The second-order valence-corrected chi connectivity index (χ2v) is 12.1. The Bertz CT molecular complexity index is 1130. The van der Waals surface area contributed by atoms with Crippen LogP contribution in [0.5, 0.6) is 5.75 Å². The van der Waals surface area contributed by atoms with E-state index in [0.29, 0.717) is 50.9 Å². The maximum absolute atomic E-state index is 13.8. The van der Waals surface area contributed by atoms with Crippen molar-refractivity contribution < 1.29 is 33.8 Å². The molecule has 1 heterocycles. The van der Waals surface area contributed by atoms with E-state index in [1.807, 2.05) is 12.1 Å². The molecule has 1 saturated carbocycles. The Morgan fingerprint density at radius 2 is 1.76 bits per heavy atom. The van der Waals surface area contributed by atoms with Crippen LogP contribution in [0, 0.1) is 11.8 Å². The maximum atomic E-state index is 13.8. The molecule has 1 aromatic rings. The van der Waals surface area contributed by atoms with Crippen molar-refractivity contribution in [1.29, 1.82) is 0 Å². The molecule has 1 aliphatic heterocycles. The minimum absolute atomic E-state index is 0.0833. The van der Waals surface area contributed by atoms with E-state index in [1.165, 1.54) is 0 Å². The first-order valence-corrected chi connectivity index (χ1v) is 14.9. The molecular weight excluding hydrogens is 524 g/mol. The van der Waals surface area contributed by atoms with E-state index in [4.69, 9.17) is 9.47 Å². The largest absolute Gasteiger partial charge is 0.497 e. The van der Waals surface area contributed by atoms with Gasteiger partial charge < -0.3 is 25.2 Å². The highest BCUT2D eigenvalue weighted by Gasteiger charge is 2.50. The molecule has 2 amide bonds. The first kappa shape index (κ1) is 30.9. The predicted octanol–water partition coefficient (Wildman–Crippen LogP) is 3.21. The van der Waals surface area contributed by atoms with Crippen LogP contribution in [0.1, 0.15) is 77.2 Å². The summed E-state index contributed by atoms with van der Waals surface area (Å²) in [5, 5.41) is 15.5. The number of allylic oxidation sites excluding steroid dienone is 1. The molecule has 9 heteroatoms. The number of epoxide rings is 1. The molecule has 4 rings (SSSR count). The molecule has 3 N–H and O–H groups in total. The van der Waals surface area contributed by atoms with Gasteiger partial charge in [0.05, 0.1) is 31.9 Å². The molecule has 0 spiro atoms. The van der Waals surface area contributed by atoms with Crippen molar-refractivity contribution in [1.82, 2.24) is 10.6 Å². The number of ether oxygens (including phenoxy) is 2. The lowest BCUT2D eigenvalue weighted by molar-refractivity contribution is -0.135. The first-order valence-electron chi connectivity index (χ1n) is 14.9. The number of aliphatic hydroxyl groups is 1. The average Bonchev–Trinajstić information content (AvgIpc) is 3.50. The highest BCUT2D eigenvalue weighted by Crippen LogP contribution is 2.32. The quantitative estimate of drug-likeness (QED) is 0.232.